The molecule has 1 N–H and O–H groups in total. The number of benzene rings is 3. The van der Waals surface area contributed by atoms with Gasteiger partial charge < -0.3 is 9.67 Å². The van der Waals surface area contributed by atoms with Gasteiger partial charge in [-0.15, -0.1) is 0 Å². The van der Waals surface area contributed by atoms with Crippen molar-refractivity contribution >= 4 is 16.7 Å². The molecule has 3 aromatic carbocycles. The van der Waals surface area contributed by atoms with E-state index in [-0.39, 0.29) is 11.5 Å². The maximum atomic E-state index is 13.0. The maximum absolute atomic E-state index is 13.0. The molecule has 3 heteroatoms. The summed E-state index contributed by atoms with van der Waals surface area (Å²) in [5, 5.41) is 10.5. The van der Waals surface area contributed by atoms with E-state index >= 15 is 0 Å². The zero-order valence-electron chi connectivity index (χ0n) is 13.4. The molecule has 0 aliphatic heterocycles. The molecule has 0 bridgehead atoms. The Morgan fingerprint density at radius 3 is 2.28 bits per heavy atom. The summed E-state index contributed by atoms with van der Waals surface area (Å²) in [6.07, 6.45) is 0. The molecule has 0 radical (unpaired) electrons. The molecule has 1 heterocycles. The molecule has 0 fully saturated rings. The monoisotopic (exact) mass is 325 g/mol. The lowest BCUT2D eigenvalue weighted by atomic mass is 10.1. The number of aromatic hydroxyl groups is 1. The smallest absolute Gasteiger partial charge is 0.196 e. The number of para-hydroxylation sites is 1. The van der Waals surface area contributed by atoms with Crippen LogP contribution in [0.4, 0.5) is 0 Å². The zero-order valence-corrected chi connectivity index (χ0v) is 13.4. The number of ketones is 1. The van der Waals surface area contributed by atoms with Crippen LogP contribution in [0.5, 0.6) is 5.75 Å². The van der Waals surface area contributed by atoms with Gasteiger partial charge in [0.15, 0.2) is 5.78 Å². The average molecular weight is 325 g/mol. The third-order valence-corrected chi connectivity index (χ3v) is 4.90. The van der Waals surface area contributed by atoms with Gasteiger partial charge in [0.2, 0.25) is 0 Å². The minimum absolute atomic E-state index is 0.103. The third-order valence-electron chi connectivity index (χ3n) is 4.90. The Balaban J connectivity index is 1.80. The van der Waals surface area contributed by atoms with Crippen LogP contribution < -0.4 is 0 Å². The predicted molar refractivity (Wildman–Crippen MR) is 98.0 cm³/mol. The highest BCUT2D eigenvalue weighted by Crippen LogP contribution is 2.42. The zero-order chi connectivity index (χ0) is 17.0. The first-order chi connectivity index (χ1) is 12.2. The van der Waals surface area contributed by atoms with Gasteiger partial charge in [0.05, 0.1) is 11.3 Å². The molecule has 0 spiro atoms. The number of rotatable bonds is 2. The molecule has 1 aliphatic rings. The van der Waals surface area contributed by atoms with Gasteiger partial charge in [-0.2, -0.15) is 0 Å². The lowest BCUT2D eigenvalue weighted by Gasteiger charge is -2.11. The van der Waals surface area contributed by atoms with E-state index < -0.39 is 0 Å². The topological polar surface area (TPSA) is 42.2 Å². The molecule has 3 nitrogen and oxygen atoms in total. The van der Waals surface area contributed by atoms with Crippen molar-refractivity contribution in [1.82, 2.24) is 4.57 Å². The summed E-state index contributed by atoms with van der Waals surface area (Å²) in [6.45, 7) is 0.651. The molecule has 25 heavy (non-hydrogen) atoms. The molecule has 5 rings (SSSR count). The predicted octanol–water partition coefficient (Wildman–Crippen LogP) is 4.61. The second-order valence-electron chi connectivity index (χ2n) is 6.37. The maximum Gasteiger partial charge on any atom is 0.196 e. The molecule has 4 aromatic rings. The number of aromatic nitrogens is 1. The Morgan fingerprint density at radius 1 is 0.800 bits per heavy atom. The molecule has 0 atom stereocenters. The molecule has 1 aromatic heterocycles. The molecular weight excluding hydrogens is 310 g/mol. The van der Waals surface area contributed by atoms with E-state index in [2.05, 4.69) is 10.6 Å². The number of carbonyl (C=O) groups is 1. The first kappa shape index (κ1) is 14.1. The number of nitrogens with zero attached hydrogens (tertiary/aromatic N) is 1. The second-order valence-corrected chi connectivity index (χ2v) is 6.37. The van der Waals surface area contributed by atoms with Crippen molar-refractivity contribution in [2.75, 3.05) is 0 Å². The van der Waals surface area contributed by atoms with E-state index in [0.717, 1.165) is 38.9 Å². The Morgan fingerprint density at radius 2 is 1.48 bits per heavy atom. The fourth-order valence-electron chi connectivity index (χ4n) is 3.78. The highest BCUT2D eigenvalue weighted by atomic mass is 16.3. The second kappa shape index (κ2) is 5.08. The van der Waals surface area contributed by atoms with Crippen molar-refractivity contribution < 1.29 is 9.90 Å². The highest BCUT2D eigenvalue weighted by Gasteiger charge is 2.32. The Kier molecular flexibility index (Phi) is 2.86. The molecule has 0 amide bonds. The van der Waals surface area contributed by atoms with Crippen LogP contribution in [0.2, 0.25) is 0 Å². The number of phenolic OH excluding ortho intramolecular Hbond substituents is 1. The third kappa shape index (κ3) is 1.96. The quantitative estimate of drug-likeness (QED) is 0.515. The summed E-state index contributed by atoms with van der Waals surface area (Å²) >= 11 is 0. The summed E-state index contributed by atoms with van der Waals surface area (Å²) in [4.78, 5) is 13.0. The van der Waals surface area contributed by atoms with E-state index in [9.17, 15) is 9.90 Å². The minimum atomic E-state index is 0.103. The average Bonchev–Trinajstić information content (AvgIpc) is 3.12. The molecular formula is C22H15NO2. The Bertz CT molecular complexity index is 1140. The van der Waals surface area contributed by atoms with Crippen LogP contribution >= 0.6 is 0 Å². The fourth-order valence-corrected chi connectivity index (χ4v) is 3.78. The van der Waals surface area contributed by atoms with Crippen LogP contribution in [0.1, 0.15) is 21.5 Å². The summed E-state index contributed by atoms with van der Waals surface area (Å²) in [5.74, 6) is 0.359. The van der Waals surface area contributed by atoms with Gasteiger partial charge >= 0.3 is 0 Å². The number of carbonyl (C=O) groups excluding carboxylic acids is 1. The number of phenols is 1. The van der Waals surface area contributed by atoms with E-state index in [1.807, 2.05) is 54.6 Å². The number of hydrogen-bond donors (Lipinski definition) is 1. The van der Waals surface area contributed by atoms with Crippen LogP contribution in [0.25, 0.3) is 22.2 Å². The Hall–Kier alpha value is -3.33. The first-order valence-electron chi connectivity index (χ1n) is 8.27. The lowest BCUT2D eigenvalue weighted by Crippen LogP contribution is -2.01. The van der Waals surface area contributed by atoms with Crippen LogP contribution in [-0.2, 0) is 6.54 Å². The van der Waals surface area contributed by atoms with Crippen LogP contribution in [0, 0.1) is 0 Å². The Labute approximate surface area is 144 Å². The van der Waals surface area contributed by atoms with E-state index in [0.29, 0.717) is 6.54 Å². The summed E-state index contributed by atoms with van der Waals surface area (Å²) in [7, 11) is 0. The number of fused-ring (bicyclic) bond motifs is 5. The summed E-state index contributed by atoms with van der Waals surface area (Å²) < 4.78 is 2.21. The van der Waals surface area contributed by atoms with Crippen LogP contribution in [-0.4, -0.2) is 15.5 Å². The highest BCUT2D eigenvalue weighted by molar-refractivity contribution is 6.27. The van der Waals surface area contributed by atoms with Gasteiger partial charge in [-0.3, -0.25) is 4.79 Å². The van der Waals surface area contributed by atoms with Gasteiger partial charge in [-0.1, -0.05) is 54.6 Å². The molecule has 120 valence electrons. The first-order valence-corrected chi connectivity index (χ1v) is 8.27. The van der Waals surface area contributed by atoms with Crippen molar-refractivity contribution in [3.8, 4) is 17.0 Å². The van der Waals surface area contributed by atoms with Gasteiger partial charge in [-0.25, -0.2) is 0 Å². The number of hydrogen-bond acceptors (Lipinski definition) is 2. The standard InChI is InChI=1S/C22H15NO2/c24-15-11-9-14(10-12-15)13-23-19-8-4-3-7-18(19)20-21(23)16-5-1-2-6-17(16)22(20)25/h1-12,24H,13H2. The van der Waals surface area contributed by atoms with Crippen LogP contribution in [0.3, 0.4) is 0 Å². The molecule has 0 unspecified atom stereocenters. The van der Waals surface area contributed by atoms with Crippen LogP contribution in [0.15, 0.2) is 72.8 Å². The largest absolute Gasteiger partial charge is 0.508 e. The summed E-state index contributed by atoms with van der Waals surface area (Å²) in [6, 6.07) is 23.1. The van der Waals surface area contributed by atoms with E-state index in [1.165, 1.54) is 0 Å². The minimum Gasteiger partial charge on any atom is -0.508 e. The SMILES string of the molecule is O=C1c2ccccc2-c2c1c1ccccc1n2Cc1ccc(O)cc1. The van der Waals surface area contributed by atoms with Crippen molar-refractivity contribution in [3.63, 3.8) is 0 Å². The van der Waals surface area contributed by atoms with Crippen molar-refractivity contribution in [2.24, 2.45) is 0 Å². The molecule has 0 saturated heterocycles. The van der Waals surface area contributed by atoms with Crippen molar-refractivity contribution in [2.45, 2.75) is 6.54 Å². The van der Waals surface area contributed by atoms with Crippen molar-refractivity contribution in [1.29, 1.82) is 0 Å². The van der Waals surface area contributed by atoms with Crippen molar-refractivity contribution in [3.05, 3.63) is 89.5 Å². The van der Waals surface area contributed by atoms with Gasteiger partial charge in [0.1, 0.15) is 5.75 Å². The van der Waals surface area contributed by atoms with E-state index in [4.69, 9.17) is 0 Å². The molecule has 1 aliphatic carbocycles. The van der Waals surface area contributed by atoms with Gasteiger partial charge in [-0.05, 0) is 23.8 Å². The van der Waals surface area contributed by atoms with Gasteiger partial charge in [0, 0.05) is 28.6 Å². The fraction of sp³-hybridized carbons (Fsp3) is 0.0455. The lowest BCUT2D eigenvalue weighted by molar-refractivity contribution is 0.104. The summed E-state index contributed by atoms with van der Waals surface area (Å²) in [5.41, 5.74) is 5.71. The molecule has 0 saturated carbocycles. The van der Waals surface area contributed by atoms with Gasteiger partial charge in [0.25, 0.3) is 0 Å². The normalized spacial score (nSPS) is 12.4. The van der Waals surface area contributed by atoms with E-state index in [1.54, 1.807) is 12.1 Å².